The van der Waals surface area contributed by atoms with Gasteiger partial charge in [0.1, 0.15) is 17.2 Å². The Morgan fingerprint density at radius 2 is 1.80 bits per heavy atom. The van der Waals surface area contributed by atoms with Gasteiger partial charge in [0.05, 0.1) is 12.8 Å². The van der Waals surface area contributed by atoms with Crippen molar-refractivity contribution in [3.8, 4) is 11.6 Å². The molecule has 102 valence electrons. The fourth-order valence-corrected chi connectivity index (χ4v) is 1.99. The van der Waals surface area contributed by atoms with Crippen molar-refractivity contribution < 1.29 is 13.5 Å². The molecule has 0 aliphatic carbocycles. The van der Waals surface area contributed by atoms with E-state index in [4.69, 9.17) is 10.5 Å². The summed E-state index contributed by atoms with van der Waals surface area (Å²) in [6.45, 7) is 0. The molecule has 0 saturated carbocycles. The molecule has 2 N–H and O–H groups in total. The standard InChI is InChI=1S/C13H10F2N4O/c1-20-11-3-2-10-12(18-11)19(13(16)17-10)9-5-7(14)4-8(15)6-9/h2-6H,1H3,(H2,16,17). The summed E-state index contributed by atoms with van der Waals surface area (Å²) in [6.07, 6.45) is 0. The molecule has 0 bridgehead atoms. The van der Waals surface area contributed by atoms with Crippen LogP contribution in [-0.4, -0.2) is 21.6 Å². The Bertz CT molecular complexity index is 780. The van der Waals surface area contributed by atoms with Gasteiger partial charge in [0.2, 0.25) is 11.8 Å². The van der Waals surface area contributed by atoms with E-state index >= 15 is 0 Å². The molecule has 0 fully saturated rings. The summed E-state index contributed by atoms with van der Waals surface area (Å²) in [7, 11) is 1.47. The van der Waals surface area contributed by atoms with Crippen LogP contribution in [-0.2, 0) is 0 Å². The van der Waals surface area contributed by atoms with Gasteiger partial charge >= 0.3 is 0 Å². The minimum Gasteiger partial charge on any atom is -0.481 e. The van der Waals surface area contributed by atoms with Crippen LogP contribution in [0.3, 0.4) is 0 Å². The van der Waals surface area contributed by atoms with Gasteiger partial charge in [-0.2, -0.15) is 4.98 Å². The number of fused-ring (bicyclic) bond motifs is 1. The van der Waals surface area contributed by atoms with E-state index < -0.39 is 11.6 Å². The molecule has 0 radical (unpaired) electrons. The van der Waals surface area contributed by atoms with Crippen LogP contribution < -0.4 is 10.5 Å². The number of methoxy groups -OCH3 is 1. The number of nitrogen functional groups attached to an aromatic ring is 1. The average molecular weight is 276 g/mol. The third-order valence-corrected chi connectivity index (χ3v) is 2.82. The van der Waals surface area contributed by atoms with Gasteiger partial charge in [-0.1, -0.05) is 0 Å². The van der Waals surface area contributed by atoms with Crippen molar-refractivity contribution >= 4 is 17.1 Å². The molecule has 0 atom stereocenters. The lowest BCUT2D eigenvalue weighted by molar-refractivity contribution is 0.399. The molecule has 0 saturated heterocycles. The van der Waals surface area contributed by atoms with Crippen molar-refractivity contribution in [2.45, 2.75) is 0 Å². The third kappa shape index (κ3) is 1.93. The summed E-state index contributed by atoms with van der Waals surface area (Å²) in [5.74, 6) is -0.963. The van der Waals surface area contributed by atoms with E-state index in [0.717, 1.165) is 18.2 Å². The smallest absolute Gasteiger partial charge is 0.215 e. The van der Waals surface area contributed by atoms with E-state index in [0.29, 0.717) is 17.0 Å². The zero-order valence-electron chi connectivity index (χ0n) is 10.5. The highest BCUT2D eigenvalue weighted by molar-refractivity contribution is 5.77. The van der Waals surface area contributed by atoms with Crippen LogP contribution in [0.1, 0.15) is 0 Å². The number of imidazole rings is 1. The van der Waals surface area contributed by atoms with Crippen LogP contribution in [0.2, 0.25) is 0 Å². The van der Waals surface area contributed by atoms with Crippen molar-refractivity contribution in [1.82, 2.24) is 14.5 Å². The Morgan fingerprint density at radius 3 is 2.45 bits per heavy atom. The van der Waals surface area contributed by atoms with Crippen molar-refractivity contribution in [2.24, 2.45) is 0 Å². The number of halogens is 2. The Kier molecular flexibility index (Phi) is 2.74. The zero-order chi connectivity index (χ0) is 14.3. The van der Waals surface area contributed by atoms with Crippen molar-refractivity contribution in [1.29, 1.82) is 0 Å². The highest BCUT2D eigenvalue weighted by atomic mass is 19.1. The first-order valence-electron chi connectivity index (χ1n) is 5.74. The highest BCUT2D eigenvalue weighted by Gasteiger charge is 2.14. The largest absolute Gasteiger partial charge is 0.481 e. The first-order valence-corrected chi connectivity index (χ1v) is 5.74. The number of nitrogens with two attached hydrogens (primary N) is 1. The topological polar surface area (TPSA) is 66.0 Å². The molecule has 20 heavy (non-hydrogen) atoms. The predicted octanol–water partition coefficient (Wildman–Crippen LogP) is 2.29. The van der Waals surface area contributed by atoms with Crippen LogP contribution in [0.5, 0.6) is 5.88 Å². The molecule has 0 spiro atoms. The van der Waals surface area contributed by atoms with Crippen LogP contribution >= 0.6 is 0 Å². The third-order valence-electron chi connectivity index (χ3n) is 2.82. The van der Waals surface area contributed by atoms with Gasteiger partial charge in [0.25, 0.3) is 0 Å². The minimum atomic E-state index is -0.704. The van der Waals surface area contributed by atoms with Gasteiger partial charge in [-0.15, -0.1) is 0 Å². The van der Waals surface area contributed by atoms with Gasteiger partial charge in [-0.25, -0.2) is 13.8 Å². The number of hydrogen-bond donors (Lipinski definition) is 1. The Morgan fingerprint density at radius 1 is 1.10 bits per heavy atom. The summed E-state index contributed by atoms with van der Waals surface area (Å²) in [6, 6.07) is 6.39. The van der Waals surface area contributed by atoms with Crippen LogP contribution in [0.15, 0.2) is 30.3 Å². The van der Waals surface area contributed by atoms with E-state index in [9.17, 15) is 8.78 Å². The lowest BCUT2D eigenvalue weighted by Gasteiger charge is -2.07. The quantitative estimate of drug-likeness (QED) is 0.780. The molecular formula is C13H10F2N4O. The van der Waals surface area contributed by atoms with E-state index in [2.05, 4.69) is 9.97 Å². The van der Waals surface area contributed by atoms with Crippen LogP contribution in [0.25, 0.3) is 16.9 Å². The molecule has 2 heterocycles. The highest BCUT2D eigenvalue weighted by Crippen LogP contribution is 2.24. The number of benzene rings is 1. The first-order chi connectivity index (χ1) is 9.58. The summed E-state index contributed by atoms with van der Waals surface area (Å²) in [5, 5.41) is 0. The van der Waals surface area contributed by atoms with Gasteiger partial charge in [0, 0.05) is 12.1 Å². The summed E-state index contributed by atoms with van der Waals surface area (Å²) in [4.78, 5) is 8.31. The molecule has 0 amide bonds. The number of hydrogen-bond acceptors (Lipinski definition) is 4. The molecule has 0 aliphatic rings. The molecule has 0 unspecified atom stereocenters. The maximum Gasteiger partial charge on any atom is 0.215 e. The molecule has 7 heteroatoms. The molecule has 5 nitrogen and oxygen atoms in total. The van der Waals surface area contributed by atoms with Crippen LogP contribution in [0, 0.1) is 11.6 Å². The number of aromatic nitrogens is 3. The monoisotopic (exact) mass is 276 g/mol. The summed E-state index contributed by atoms with van der Waals surface area (Å²) < 4.78 is 33.1. The molecule has 1 aromatic carbocycles. The molecule has 2 aromatic heterocycles. The minimum absolute atomic E-state index is 0.0887. The van der Waals surface area contributed by atoms with E-state index in [-0.39, 0.29) is 11.6 Å². The first kappa shape index (κ1) is 12.3. The lowest BCUT2D eigenvalue weighted by atomic mass is 10.3. The number of nitrogens with zero attached hydrogens (tertiary/aromatic N) is 3. The van der Waals surface area contributed by atoms with Gasteiger partial charge in [-0.05, 0) is 18.2 Å². The second-order valence-electron chi connectivity index (χ2n) is 4.13. The predicted molar refractivity (Wildman–Crippen MR) is 69.7 cm³/mol. The summed E-state index contributed by atoms with van der Waals surface area (Å²) >= 11 is 0. The van der Waals surface area contributed by atoms with Gasteiger partial charge in [-0.3, -0.25) is 4.57 Å². The van der Waals surface area contributed by atoms with E-state index in [1.54, 1.807) is 12.1 Å². The number of ether oxygens (including phenoxy) is 1. The van der Waals surface area contributed by atoms with Crippen molar-refractivity contribution in [2.75, 3.05) is 12.8 Å². The zero-order valence-corrected chi connectivity index (χ0v) is 10.5. The van der Waals surface area contributed by atoms with Gasteiger partial charge < -0.3 is 10.5 Å². The van der Waals surface area contributed by atoms with E-state index in [1.165, 1.54) is 11.7 Å². The Balaban J connectivity index is 2.31. The fourth-order valence-electron chi connectivity index (χ4n) is 1.99. The van der Waals surface area contributed by atoms with E-state index in [1.807, 2.05) is 0 Å². The second kappa shape index (κ2) is 4.44. The average Bonchev–Trinajstić information content (AvgIpc) is 2.72. The fraction of sp³-hybridized carbons (Fsp3) is 0.0769. The summed E-state index contributed by atoms with van der Waals surface area (Å²) in [5.41, 5.74) is 6.89. The molecule has 3 aromatic rings. The van der Waals surface area contributed by atoms with Crippen LogP contribution in [0.4, 0.5) is 14.7 Å². The van der Waals surface area contributed by atoms with Gasteiger partial charge in [0.15, 0.2) is 5.65 Å². The molecule has 3 rings (SSSR count). The Hall–Kier alpha value is -2.70. The number of pyridine rings is 1. The molecule has 0 aliphatic heterocycles. The number of anilines is 1. The Labute approximate surface area is 112 Å². The second-order valence-corrected chi connectivity index (χ2v) is 4.13. The lowest BCUT2D eigenvalue weighted by Crippen LogP contribution is -2.03. The van der Waals surface area contributed by atoms with Crippen molar-refractivity contribution in [3.63, 3.8) is 0 Å². The number of rotatable bonds is 2. The maximum atomic E-state index is 13.3. The normalized spacial score (nSPS) is 10.9. The SMILES string of the molecule is COc1ccc2nc(N)n(-c3cc(F)cc(F)c3)c2n1. The molecular weight excluding hydrogens is 266 g/mol. The van der Waals surface area contributed by atoms with Crippen molar-refractivity contribution in [3.05, 3.63) is 42.0 Å². The maximum absolute atomic E-state index is 13.3.